The summed E-state index contributed by atoms with van der Waals surface area (Å²) < 4.78 is 63.7. The Morgan fingerprint density at radius 1 is 0.875 bits per heavy atom. The van der Waals surface area contributed by atoms with Crippen LogP contribution in [-0.4, -0.2) is 39.5 Å². The average Bonchev–Trinajstić information content (AvgIpc) is 2.46. The lowest BCUT2D eigenvalue weighted by Crippen LogP contribution is -2.56. The number of sulfone groups is 1. The van der Waals surface area contributed by atoms with Crippen LogP contribution in [0.4, 0.5) is 4.39 Å². The van der Waals surface area contributed by atoms with Gasteiger partial charge < -0.3 is 0 Å². The molecule has 2 aromatic carbocycles. The fourth-order valence-corrected chi connectivity index (χ4v) is 5.86. The summed E-state index contributed by atoms with van der Waals surface area (Å²) >= 11 is 5.74. The first-order valence-electron chi connectivity index (χ1n) is 6.96. The third-order valence-corrected chi connectivity index (χ3v) is 8.05. The molecule has 128 valence electrons. The van der Waals surface area contributed by atoms with Gasteiger partial charge in [0.05, 0.1) is 15.0 Å². The summed E-state index contributed by atoms with van der Waals surface area (Å²) in [6.45, 7) is -0.269. The molecule has 0 bridgehead atoms. The quantitative estimate of drug-likeness (QED) is 0.752. The van der Waals surface area contributed by atoms with Gasteiger partial charge >= 0.3 is 0 Å². The minimum atomic E-state index is -3.75. The van der Waals surface area contributed by atoms with Gasteiger partial charge in [0.1, 0.15) is 5.82 Å². The molecule has 0 aromatic heterocycles. The second-order valence-electron chi connectivity index (χ2n) is 5.40. The first-order chi connectivity index (χ1) is 11.2. The van der Waals surface area contributed by atoms with E-state index in [2.05, 4.69) is 0 Å². The Balaban J connectivity index is 1.77. The van der Waals surface area contributed by atoms with E-state index in [-0.39, 0.29) is 22.9 Å². The van der Waals surface area contributed by atoms with Crippen molar-refractivity contribution in [1.82, 2.24) is 4.31 Å². The zero-order valence-electron chi connectivity index (χ0n) is 12.3. The molecule has 1 heterocycles. The van der Waals surface area contributed by atoms with Crippen LogP contribution in [0, 0.1) is 5.82 Å². The molecule has 0 saturated carbocycles. The summed E-state index contributed by atoms with van der Waals surface area (Å²) in [7, 11) is -7.45. The predicted octanol–water partition coefficient (Wildman–Crippen LogP) is 2.33. The Labute approximate surface area is 144 Å². The molecule has 1 fully saturated rings. The van der Waals surface area contributed by atoms with Crippen LogP contribution in [0.1, 0.15) is 0 Å². The Kier molecular flexibility index (Phi) is 4.41. The molecular formula is C15H13ClFNO4S2. The molecular weight excluding hydrogens is 377 g/mol. The lowest BCUT2D eigenvalue weighted by atomic mass is 10.3. The zero-order valence-corrected chi connectivity index (χ0v) is 14.7. The first-order valence-corrected chi connectivity index (χ1v) is 10.3. The first kappa shape index (κ1) is 17.3. The molecule has 0 radical (unpaired) electrons. The van der Waals surface area contributed by atoms with E-state index in [4.69, 9.17) is 11.6 Å². The Morgan fingerprint density at radius 3 is 1.92 bits per heavy atom. The minimum absolute atomic E-state index is 0.0163. The van der Waals surface area contributed by atoms with Crippen LogP contribution < -0.4 is 0 Å². The van der Waals surface area contributed by atoms with Gasteiger partial charge in [-0.15, -0.1) is 0 Å². The monoisotopic (exact) mass is 389 g/mol. The van der Waals surface area contributed by atoms with Gasteiger partial charge in [0.2, 0.25) is 10.0 Å². The Bertz CT molecular complexity index is 872. The molecule has 3 rings (SSSR count). The second kappa shape index (κ2) is 6.11. The molecule has 0 atom stereocenters. The molecule has 1 aliphatic rings. The van der Waals surface area contributed by atoms with Crippen molar-refractivity contribution < 1.29 is 21.2 Å². The molecule has 0 amide bonds. The van der Waals surface area contributed by atoms with Crippen LogP contribution >= 0.6 is 11.6 Å². The minimum Gasteiger partial charge on any atom is -0.223 e. The maximum absolute atomic E-state index is 12.9. The molecule has 0 spiro atoms. The molecule has 24 heavy (non-hydrogen) atoms. The predicted molar refractivity (Wildman–Crippen MR) is 87.6 cm³/mol. The van der Waals surface area contributed by atoms with Crippen LogP contribution in [0.2, 0.25) is 5.02 Å². The third-order valence-electron chi connectivity index (χ3n) is 3.85. The summed E-state index contributed by atoms with van der Waals surface area (Å²) in [5.74, 6) is -0.533. The van der Waals surface area contributed by atoms with Crippen molar-refractivity contribution in [3.63, 3.8) is 0 Å². The SMILES string of the molecule is O=S(=O)(c1ccc(F)cc1)C1CN(S(=O)(=O)c2ccc(Cl)cc2)C1. The van der Waals surface area contributed by atoms with Crippen LogP contribution in [0.3, 0.4) is 0 Å². The molecule has 0 unspecified atom stereocenters. The van der Waals surface area contributed by atoms with Crippen molar-refractivity contribution in [2.75, 3.05) is 13.1 Å². The van der Waals surface area contributed by atoms with Gasteiger partial charge in [-0.05, 0) is 48.5 Å². The van der Waals surface area contributed by atoms with Crippen molar-refractivity contribution in [3.8, 4) is 0 Å². The number of rotatable bonds is 4. The Morgan fingerprint density at radius 2 is 1.38 bits per heavy atom. The van der Waals surface area contributed by atoms with Crippen molar-refractivity contribution in [3.05, 3.63) is 59.4 Å². The highest BCUT2D eigenvalue weighted by Gasteiger charge is 2.44. The highest BCUT2D eigenvalue weighted by atomic mass is 35.5. The van der Waals surface area contributed by atoms with Crippen LogP contribution in [0.25, 0.3) is 0 Å². The van der Waals surface area contributed by atoms with E-state index in [1.807, 2.05) is 0 Å². The molecule has 9 heteroatoms. The van der Waals surface area contributed by atoms with E-state index in [0.717, 1.165) is 16.4 Å². The van der Waals surface area contributed by atoms with E-state index >= 15 is 0 Å². The smallest absolute Gasteiger partial charge is 0.223 e. The topological polar surface area (TPSA) is 71.5 Å². The Hall–Kier alpha value is -1.48. The number of benzene rings is 2. The van der Waals surface area contributed by atoms with Crippen LogP contribution in [0.15, 0.2) is 58.3 Å². The highest BCUT2D eigenvalue weighted by Crippen LogP contribution is 2.29. The molecule has 0 aliphatic carbocycles. The van der Waals surface area contributed by atoms with Gasteiger partial charge in [-0.3, -0.25) is 0 Å². The zero-order chi connectivity index (χ0) is 17.5. The summed E-state index contributed by atoms with van der Waals surface area (Å²) in [4.78, 5) is 0.0435. The molecule has 2 aromatic rings. The van der Waals surface area contributed by atoms with Gasteiger partial charge in [0, 0.05) is 18.1 Å². The summed E-state index contributed by atoms with van der Waals surface area (Å²) in [6, 6.07) is 10.2. The standard InChI is InChI=1S/C15H13ClFNO4S2/c16-11-1-5-14(6-2-11)24(21,22)18-9-15(10-18)23(19,20)13-7-3-12(17)4-8-13/h1-8,15H,9-10H2. The molecule has 1 aliphatic heterocycles. The lowest BCUT2D eigenvalue weighted by Gasteiger charge is -2.37. The maximum Gasteiger partial charge on any atom is 0.243 e. The van der Waals surface area contributed by atoms with Crippen molar-refractivity contribution in [2.45, 2.75) is 15.0 Å². The molecule has 1 saturated heterocycles. The maximum atomic E-state index is 12.9. The number of halogens is 2. The molecule has 0 N–H and O–H groups in total. The van der Waals surface area contributed by atoms with E-state index in [9.17, 15) is 21.2 Å². The van der Waals surface area contributed by atoms with E-state index < -0.39 is 30.9 Å². The largest absolute Gasteiger partial charge is 0.243 e. The van der Waals surface area contributed by atoms with Crippen molar-refractivity contribution in [1.29, 1.82) is 0 Å². The molecule has 5 nitrogen and oxygen atoms in total. The highest BCUT2D eigenvalue weighted by molar-refractivity contribution is 7.92. The summed E-state index contributed by atoms with van der Waals surface area (Å²) in [5.41, 5.74) is 0. The number of nitrogens with zero attached hydrogens (tertiary/aromatic N) is 1. The van der Waals surface area contributed by atoms with Gasteiger partial charge in [0.15, 0.2) is 9.84 Å². The van der Waals surface area contributed by atoms with Gasteiger partial charge in [-0.2, -0.15) is 4.31 Å². The fraction of sp³-hybridized carbons (Fsp3) is 0.200. The fourth-order valence-electron chi connectivity index (χ4n) is 2.37. The normalized spacial score (nSPS) is 16.8. The van der Waals surface area contributed by atoms with Crippen LogP contribution in [0.5, 0.6) is 0 Å². The van der Waals surface area contributed by atoms with Gasteiger partial charge in [0.25, 0.3) is 0 Å². The van der Waals surface area contributed by atoms with Crippen molar-refractivity contribution in [2.24, 2.45) is 0 Å². The number of hydrogen-bond donors (Lipinski definition) is 0. The van der Waals surface area contributed by atoms with Crippen molar-refractivity contribution >= 4 is 31.5 Å². The van der Waals surface area contributed by atoms with Crippen LogP contribution in [-0.2, 0) is 19.9 Å². The summed E-state index contributed by atoms with van der Waals surface area (Å²) in [5, 5.41) is -0.431. The number of sulfonamides is 1. The summed E-state index contributed by atoms with van der Waals surface area (Å²) in [6.07, 6.45) is 0. The van der Waals surface area contributed by atoms with Gasteiger partial charge in [-0.1, -0.05) is 11.6 Å². The van der Waals surface area contributed by atoms with Gasteiger partial charge in [-0.25, -0.2) is 21.2 Å². The van der Waals surface area contributed by atoms with E-state index in [0.29, 0.717) is 5.02 Å². The number of hydrogen-bond acceptors (Lipinski definition) is 4. The average molecular weight is 390 g/mol. The lowest BCUT2D eigenvalue weighted by molar-refractivity contribution is 0.309. The second-order valence-corrected chi connectivity index (χ2v) is 10.00. The van der Waals surface area contributed by atoms with E-state index in [1.54, 1.807) is 0 Å². The third kappa shape index (κ3) is 3.06. The van der Waals surface area contributed by atoms with E-state index in [1.165, 1.54) is 36.4 Å².